The highest BCUT2D eigenvalue weighted by atomic mass is 35.5. The quantitative estimate of drug-likeness (QED) is 0.360. The van der Waals surface area contributed by atoms with E-state index in [0.29, 0.717) is 47.9 Å². The van der Waals surface area contributed by atoms with Gasteiger partial charge in [-0.15, -0.1) is 0 Å². The molecule has 0 radical (unpaired) electrons. The van der Waals surface area contributed by atoms with Crippen molar-refractivity contribution >= 4 is 34.5 Å². The minimum Gasteiger partial charge on any atom is -0.453 e. The van der Waals surface area contributed by atoms with Crippen LogP contribution in [0.5, 0.6) is 0 Å². The second-order valence-corrected chi connectivity index (χ2v) is 10.5. The number of hydrogen-bond donors (Lipinski definition) is 1. The molecule has 0 spiro atoms. The van der Waals surface area contributed by atoms with Gasteiger partial charge in [0.05, 0.1) is 18.2 Å². The highest BCUT2D eigenvalue weighted by Crippen LogP contribution is 2.36. The fourth-order valence-corrected chi connectivity index (χ4v) is 5.66. The number of anilines is 1. The zero-order valence-electron chi connectivity index (χ0n) is 23.4. The van der Waals surface area contributed by atoms with Gasteiger partial charge in [-0.2, -0.15) is 18.2 Å². The number of pyridine rings is 1. The molecule has 2 aromatic heterocycles. The van der Waals surface area contributed by atoms with E-state index in [1.54, 1.807) is 19.2 Å². The number of alkyl carbamates (subject to hydrolysis) is 1. The molecule has 1 fully saturated rings. The molecule has 1 aliphatic heterocycles. The lowest BCUT2D eigenvalue weighted by Crippen LogP contribution is -2.59. The highest BCUT2D eigenvalue weighted by molar-refractivity contribution is 6.29. The Morgan fingerprint density at radius 2 is 1.78 bits per heavy atom. The monoisotopic (exact) mass is 594 g/mol. The minimum absolute atomic E-state index is 0.0386. The van der Waals surface area contributed by atoms with Gasteiger partial charge in [-0.25, -0.2) is 14.6 Å². The van der Waals surface area contributed by atoms with E-state index in [2.05, 4.69) is 25.1 Å². The van der Waals surface area contributed by atoms with Crippen LogP contribution < -0.4 is 15.9 Å². The number of piperazine rings is 1. The Labute approximate surface area is 241 Å². The summed E-state index contributed by atoms with van der Waals surface area (Å²) in [5.74, 6) is 0.467. The van der Waals surface area contributed by atoms with Gasteiger partial charge in [0.2, 0.25) is 0 Å². The van der Waals surface area contributed by atoms with Crippen molar-refractivity contribution in [3.05, 3.63) is 63.2 Å². The van der Waals surface area contributed by atoms with Crippen molar-refractivity contribution in [1.29, 1.82) is 0 Å². The largest absolute Gasteiger partial charge is 0.453 e. The molecule has 1 aromatic carbocycles. The average molecular weight is 595 g/mol. The summed E-state index contributed by atoms with van der Waals surface area (Å²) in [6.07, 6.45) is -3.12. The molecule has 1 amide bonds. The van der Waals surface area contributed by atoms with Crippen LogP contribution in [0.2, 0.25) is 5.15 Å². The first-order valence-electron chi connectivity index (χ1n) is 13.5. The summed E-state index contributed by atoms with van der Waals surface area (Å²) in [5, 5.41) is 2.98. The molecule has 4 rings (SSSR count). The van der Waals surface area contributed by atoms with Gasteiger partial charge in [-0.05, 0) is 49.1 Å². The Morgan fingerprint density at radius 1 is 1.10 bits per heavy atom. The zero-order valence-corrected chi connectivity index (χ0v) is 24.2. The summed E-state index contributed by atoms with van der Waals surface area (Å²) in [6, 6.07) is 8.19. The van der Waals surface area contributed by atoms with Crippen molar-refractivity contribution in [2.45, 2.75) is 57.4 Å². The van der Waals surface area contributed by atoms with Gasteiger partial charge in [0.25, 0.3) is 0 Å². The summed E-state index contributed by atoms with van der Waals surface area (Å²) in [7, 11) is 2.91. The molecule has 9 nitrogen and oxygen atoms in total. The van der Waals surface area contributed by atoms with Gasteiger partial charge in [-0.1, -0.05) is 37.6 Å². The summed E-state index contributed by atoms with van der Waals surface area (Å²) in [6.45, 7) is 5.42. The van der Waals surface area contributed by atoms with Gasteiger partial charge in [0, 0.05) is 44.8 Å². The van der Waals surface area contributed by atoms with Crippen molar-refractivity contribution < 1.29 is 22.7 Å². The Bertz CT molecular complexity index is 1430. The first-order valence-corrected chi connectivity index (χ1v) is 13.9. The number of amides is 1. The molecule has 1 N–H and O–H groups in total. The zero-order chi connectivity index (χ0) is 29.9. The van der Waals surface area contributed by atoms with E-state index in [0.717, 1.165) is 24.1 Å². The second-order valence-electron chi connectivity index (χ2n) is 10.1. The van der Waals surface area contributed by atoms with Gasteiger partial charge in [0.1, 0.15) is 10.7 Å². The normalized spacial score (nSPS) is 18.9. The molecule has 1 unspecified atom stereocenters. The molecule has 0 aliphatic carbocycles. The third-order valence-corrected chi connectivity index (χ3v) is 7.96. The number of nitrogens with one attached hydrogen (secondary N) is 1. The number of carbonyl (C=O) groups excluding carboxylic acids is 1. The predicted molar refractivity (Wildman–Crippen MR) is 151 cm³/mol. The number of halogens is 4. The SMILES string of the molecule is CC[C@H]1CN(C(CCNC(=O)OC)c2ccc(C(F)(F)F)cc2)[C@H](CC)CN1c1nc(=O)n(C)c2ccc(Cl)nc12. The lowest BCUT2D eigenvalue weighted by Gasteiger charge is -2.50. The maximum atomic E-state index is 13.3. The van der Waals surface area contributed by atoms with Crippen molar-refractivity contribution in [3.63, 3.8) is 0 Å². The number of hydrogen-bond acceptors (Lipinski definition) is 7. The van der Waals surface area contributed by atoms with E-state index >= 15 is 0 Å². The maximum absolute atomic E-state index is 13.3. The first-order chi connectivity index (χ1) is 19.5. The van der Waals surface area contributed by atoms with Gasteiger partial charge in [-0.3, -0.25) is 9.47 Å². The van der Waals surface area contributed by atoms with E-state index in [1.165, 1.54) is 23.8 Å². The van der Waals surface area contributed by atoms with Crippen molar-refractivity contribution in [2.75, 3.05) is 31.6 Å². The molecule has 1 saturated heterocycles. The number of ether oxygens (including phenoxy) is 1. The first kappa shape index (κ1) is 30.6. The van der Waals surface area contributed by atoms with Crippen molar-refractivity contribution in [1.82, 2.24) is 24.8 Å². The second kappa shape index (κ2) is 12.6. The number of alkyl halides is 3. The number of nitrogens with zero attached hydrogens (tertiary/aromatic N) is 5. The Balaban J connectivity index is 1.72. The standard InChI is InChI=1S/C28H34ClF3N6O3/c1-5-19-16-38(25-24-22(11-12-23(29)34-24)36(3)26(39)35-25)20(6-2)15-37(19)21(13-14-33-27(40)41-4)17-7-9-18(10-8-17)28(30,31)32/h7-12,19-21H,5-6,13-16H2,1-4H3,(H,33,40)/t19-,20+,21?/m1/s1. The Hall–Kier alpha value is -3.38. The summed E-state index contributed by atoms with van der Waals surface area (Å²) in [4.78, 5) is 37.8. The molecular formula is C28H34ClF3N6O3. The van der Waals surface area contributed by atoms with Crippen LogP contribution in [0.25, 0.3) is 11.0 Å². The molecule has 41 heavy (non-hydrogen) atoms. The smallest absolute Gasteiger partial charge is 0.416 e. The van der Waals surface area contributed by atoms with E-state index in [-0.39, 0.29) is 24.7 Å². The fourth-order valence-electron chi connectivity index (χ4n) is 5.51. The number of methoxy groups -OCH3 is 1. The van der Waals surface area contributed by atoms with E-state index in [9.17, 15) is 22.8 Å². The molecule has 3 atom stereocenters. The Morgan fingerprint density at radius 3 is 2.39 bits per heavy atom. The van der Waals surface area contributed by atoms with Gasteiger partial charge in [0.15, 0.2) is 5.82 Å². The Kier molecular flexibility index (Phi) is 9.43. The molecule has 0 saturated carbocycles. The van der Waals surface area contributed by atoms with Crippen LogP contribution in [0, 0.1) is 0 Å². The topological polar surface area (TPSA) is 92.6 Å². The van der Waals surface area contributed by atoms with Crippen molar-refractivity contribution in [3.8, 4) is 0 Å². The maximum Gasteiger partial charge on any atom is 0.416 e. The van der Waals surface area contributed by atoms with Crippen molar-refractivity contribution in [2.24, 2.45) is 7.05 Å². The molecule has 13 heteroatoms. The van der Waals surface area contributed by atoms with Crippen LogP contribution in [-0.2, 0) is 18.0 Å². The van der Waals surface area contributed by atoms with Crippen LogP contribution in [0.15, 0.2) is 41.2 Å². The summed E-state index contributed by atoms with van der Waals surface area (Å²) in [5.41, 5.74) is 0.746. The van der Waals surface area contributed by atoms with E-state index < -0.39 is 23.5 Å². The van der Waals surface area contributed by atoms with Crippen LogP contribution in [0.4, 0.5) is 23.8 Å². The van der Waals surface area contributed by atoms with Gasteiger partial charge < -0.3 is 15.0 Å². The molecule has 0 bridgehead atoms. The lowest BCUT2D eigenvalue weighted by atomic mass is 9.94. The number of fused-ring (bicyclic) bond motifs is 1. The molecule has 3 heterocycles. The van der Waals surface area contributed by atoms with Crippen LogP contribution >= 0.6 is 11.6 Å². The van der Waals surface area contributed by atoms with Crippen LogP contribution in [0.3, 0.4) is 0 Å². The number of rotatable bonds is 8. The summed E-state index contributed by atoms with van der Waals surface area (Å²) < 4.78 is 46.0. The molecular weight excluding hydrogens is 561 g/mol. The molecule has 1 aliphatic rings. The van der Waals surface area contributed by atoms with E-state index in [1.807, 2.05) is 13.8 Å². The van der Waals surface area contributed by atoms with E-state index in [4.69, 9.17) is 16.3 Å². The number of carbonyl (C=O) groups is 1. The lowest BCUT2D eigenvalue weighted by molar-refractivity contribution is -0.137. The van der Waals surface area contributed by atoms with Crippen LogP contribution in [0.1, 0.15) is 50.3 Å². The third-order valence-electron chi connectivity index (χ3n) is 7.75. The summed E-state index contributed by atoms with van der Waals surface area (Å²) >= 11 is 6.24. The molecule has 3 aromatic rings. The number of aromatic nitrogens is 3. The van der Waals surface area contributed by atoms with Gasteiger partial charge >= 0.3 is 18.0 Å². The highest BCUT2D eigenvalue weighted by Gasteiger charge is 2.38. The molecule has 222 valence electrons. The minimum atomic E-state index is -4.44. The average Bonchev–Trinajstić information content (AvgIpc) is 2.96. The number of aryl methyl sites for hydroxylation is 1. The predicted octanol–water partition coefficient (Wildman–Crippen LogP) is 5.17. The number of benzene rings is 1. The fraction of sp³-hybridized carbons (Fsp3) is 0.500. The van der Waals surface area contributed by atoms with Crippen LogP contribution in [-0.4, -0.2) is 64.4 Å². The third kappa shape index (κ3) is 6.59.